The highest BCUT2D eigenvalue weighted by molar-refractivity contribution is 9.10. The van der Waals surface area contributed by atoms with Crippen LogP contribution in [0.1, 0.15) is 11.4 Å². The van der Waals surface area contributed by atoms with E-state index in [1.165, 1.54) is 0 Å². The van der Waals surface area contributed by atoms with Gasteiger partial charge >= 0.3 is 0 Å². The van der Waals surface area contributed by atoms with Gasteiger partial charge in [0.15, 0.2) is 0 Å². The number of aromatic nitrogens is 2. The molecule has 4 nitrogen and oxygen atoms in total. The van der Waals surface area contributed by atoms with Crippen molar-refractivity contribution in [1.29, 1.82) is 0 Å². The van der Waals surface area contributed by atoms with Gasteiger partial charge in [0.2, 0.25) is 0 Å². The summed E-state index contributed by atoms with van der Waals surface area (Å²) < 4.78 is 13.8. The molecule has 0 radical (unpaired) electrons. The Labute approximate surface area is 121 Å². The standard InChI is InChI=1S/C14H17BrN2O2/c1-8-11(18-4)7-6-10(13(8)19-5)12-14(15)17(3)9(2)16-12/h6-7H,1-5H3. The van der Waals surface area contributed by atoms with Gasteiger partial charge in [0, 0.05) is 18.2 Å². The maximum Gasteiger partial charge on any atom is 0.134 e. The average Bonchev–Trinajstić information content (AvgIpc) is 2.66. The van der Waals surface area contributed by atoms with Gasteiger partial charge in [-0.25, -0.2) is 4.98 Å². The fraction of sp³-hybridized carbons (Fsp3) is 0.357. The molecule has 0 fully saturated rings. The molecule has 0 atom stereocenters. The Morgan fingerprint density at radius 3 is 2.32 bits per heavy atom. The summed E-state index contributed by atoms with van der Waals surface area (Å²) in [7, 11) is 5.29. The highest BCUT2D eigenvalue weighted by atomic mass is 79.9. The van der Waals surface area contributed by atoms with Gasteiger partial charge in [-0.05, 0) is 41.9 Å². The van der Waals surface area contributed by atoms with E-state index in [2.05, 4.69) is 20.9 Å². The molecule has 102 valence electrons. The first-order chi connectivity index (χ1) is 9.01. The molecule has 2 rings (SSSR count). The minimum Gasteiger partial charge on any atom is -0.496 e. The zero-order chi connectivity index (χ0) is 14.2. The second-order valence-electron chi connectivity index (χ2n) is 4.33. The molecule has 0 saturated heterocycles. The van der Waals surface area contributed by atoms with Crippen molar-refractivity contribution in [3.05, 3.63) is 28.1 Å². The maximum absolute atomic E-state index is 5.53. The Hall–Kier alpha value is -1.49. The van der Waals surface area contributed by atoms with Gasteiger partial charge in [0.05, 0.1) is 14.2 Å². The van der Waals surface area contributed by atoms with Gasteiger partial charge in [-0.3, -0.25) is 0 Å². The van der Waals surface area contributed by atoms with Crippen LogP contribution in [-0.2, 0) is 7.05 Å². The Morgan fingerprint density at radius 2 is 1.84 bits per heavy atom. The molecule has 1 aromatic heterocycles. The van der Waals surface area contributed by atoms with Crippen LogP contribution < -0.4 is 9.47 Å². The van der Waals surface area contributed by atoms with Crippen LogP contribution in [0, 0.1) is 13.8 Å². The maximum atomic E-state index is 5.53. The van der Waals surface area contributed by atoms with Crippen molar-refractivity contribution in [2.45, 2.75) is 13.8 Å². The highest BCUT2D eigenvalue weighted by Crippen LogP contribution is 2.39. The smallest absolute Gasteiger partial charge is 0.134 e. The molecular formula is C14H17BrN2O2. The molecule has 1 heterocycles. The number of hydrogen-bond donors (Lipinski definition) is 0. The van der Waals surface area contributed by atoms with E-state index in [4.69, 9.17) is 9.47 Å². The third-order valence-electron chi connectivity index (χ3n) is 3.28. The topological polar surface area (TPSA) is 36.3 Å². The summed E-state index contributed by atoms with van der Waals surface area (Å²) in [5.74, 6) is 2.54. The summed E-state index contributed by atoms with van der Waals surface area (Å²) in [4.78, 5) is 4.58. The predicted octanol–water partition coefficient (Wildman–Crippen LogP) is 3.48. The number of methoxy groups -OCH3 is 2. The van der Waals surface area contributed by atoms with Gasteiger partial charge < -0.3 is 14.0 Å². The summed E-state index contributed by atoms with van der Waals surface area (Å²) >= 11 is 3.57. The Balaban J connectivity index is 2.69. The predicted molar refractivity (Wildman–Crippen MR) is 78.9 cm³/mol. The van der Waals surface area contributed by atoms with Crippen LogP contribution in [0.3, 0.4) is 0 Å². The van der Waals surface area contributed by atoms with Crippen molar-refractivity contribution < 1.29 is 9.47 Å². The van der Waals surface area contributed by atoms with Gasteiger partial charge in [-0.1, -0.05) is 0 Å². The lowest BCUT2D eigenvalue weighted by atomic mass is 10.1. The summed E-state index contributed by atoms with van der Waals surface area (Å²) in [5, 5.41) is 0. The lowest BCUT2D eigenvalue weighted by molar-refractivity contribution is 0.390. The summed E-state index contributed by atoms with van der Waals surface area (Å²) in [6.45, 7) is 3.95. The first kappa shape index (κ1) is 13.9. The molecular weight excluding hydrogens is 308 g/mol. The minimum atomic E-state index is 0.790. The van der Waals surface area contributed by atoms with Crippen LogP contribution >= 0.6 is 15.9 Å². The van der Waals surface area contributed by atoms with Crippen LogP contribution in [0.15, 0.2) is 16.7 Å². The molecule has 0 aliphatic heterocycles. The van der Waals surface area contributed by atoms with E-state index in [-0.39, 0.29) is 0 Å². The number of ether oxygens (including phenoxy) is 2. The normalized spacial score (nSPS) is 10.6. The van der Waals surface area contributed by atoms with E-state index in [0.29, 0.717) is 0 Å². The van der Waals surface area contributed by atoms with E-state index in [9.17, 15) is 0 Å². The molecule has 2 aromatic rings. The minimum absolute atomic E-state index is 0.790. The average molecular weight is 325 g/mol. The molecule has 0 unspecified atom stereocenters. The van der Waals surface area contributed by atoms with E-state index in [1.54, 1.807) is 14.2 Å². The van der Waals surface area contributed by atoms with Crippen LogP contribution in [0.5, 0.6) is 11.5 Å². The molecule has 0 aliphatic carbocycles. The first-order valence-electron chi connectivity index (χ1n) is 5.92. The fourth-order valence-electron chi connectivity index (χ4n) is 2.10. The molecule has 5 heteroatoms. The number of hydrogen-bond acceptors (Lipinski definition) is 3. The SMILES string of the molecule is COc1ccc(-c2nc(C)n(C)c2Br)c(OC)c1C. The summed E-state index contributed by atoms with van der Waals surface area (Å²) in [5.41, 5.74) is 2.80. The Morgan fingerprint density at radius 1 is 1.16 bits per heavy atom. The van der Waals surface area contributed by atoms with E-state index < -0.39 is 0 Å². The number of aryl methyl sites for hydroxylation is 1. The first-order valence-corrected chi connectivity index (χ1v) is 6.71. The van der Waals surface area contributed by atoms with Crippen LogP contribution in [0.2, 0.25) is 0 Å². The molecule has 0 amide bonds. The van der Waals surface area contributed by atoms with Crippen LogP contribution in [0.25, 0.3) is 11.3 Å². The lowest BCUT2D eigenvalue weighted by Gasteiger charge is -2.13. The second-order valence-corrected chi connectivity index (χ2v) is 5.08. The fourth-order valence-corrected chi connectivity index (χ4v) is 2.66. The lowest BCUT2D eigenvalue weighted by Crippen LogP contribution is -1.96. The number of benzene rings is 1. The molecule has 1 aromatic carbocycles. The number of halogens is 1. The number of nitrogens with zero attached hydrogens (tertiary/aromatic N) is 2. The van der Waals surface area contributed by atoms with Gasteiger partial charge in [-0.2, -0.15) is 0 Å². The Kier molecular flexibility index (Phi) is 3.85. The number of rotatable bonds is 3. The zero-order valence-electron chi connectivity index (χ0n) is 11.7. The van der Waals surface area contributed by atoms with Crippen LogP contribution in [0.4, 0.5) is 0 Å². The summed E-state index contributed by atoms with van der Waals surface area (Å²) in [6.07, 6.45) is 0. The molecule has 0 bridgehead atoms. The Bertz CT molecular complexity index is 620. The second kappa shape index (κ2) is 5.25. The largest absolute Gasteiger partial charge is 0.496 e. The van der Waals surface area contributed by atoms with Crippen molar-refractivity contribution in [3.63, 3.8) is 0 Å². The molecule has 0 saturated carbocycles. The quantitative estimate of drug-likeness (QED) is 0.867. The molecule has 0 aliphatic rings. The van der Waals surface area contributed by atoms with Crippen molar-refractivity contribution in [3.8, 4) is 22.8 Å². The molecule has 0 spiro atoms. The summed E-state index contributed by atoms with van der Waals surface area (Å²) in [6, 6.07) is 3.90. The van der Waals surface area contributed by atoms with Crippen LogP contribution in [-0.4, -0.2) is 23.8 Å². The highest BCUT2D eigenvalue weighted by Gasteiger charge is 2.18. The zero-order valence-corrected chi connectivity index (χ0v) is 13.3. The van der Waals surface area contributed by atoms with Gasteiger partial charge in [0.25, 0.3) is 0 Å². The molecule has 19 heavy (non-hydrogen) atoms. The van der Waals surface area contributed by atoms with Crippen molar-refractivity contribution in [2.24, 2.45) is 7.05 Å². The molecule has 0 N–H and O–H groups in total. The van der Waals surface area contributed by atoms with E-state index >= 15 is 0 Å². The van der Waals surface area contributed by atoms with Crippen molar-refractivity contribution in [1.82, 2.24) is 9.55 Å². The number of imidazole rings is 1. The van der Waals surface area contributed by atoms with Gasteiger partial charge in [-0.15, -0.1) is 0 Å². The van der Waals surface area contributed by atoms with Gasteiger partial charge in [0.1, 0.15) is 27.6 Å². The van der Waals surface area contributed by atoms with Crippen molar-refractivity contribution >= 4 is 15.9 Å². The third kappa shape index (κ3) is 2.23. The third-order valence-corrected chi connectivity index (χ3v) is 4.19. The van der Waals surface area contributed by atoms with E-state index in [0.717, 1.165) is 38.7 Å². The van der Waals surface area contributed by atoms with Crippen molar-refractivity contribution in [2.75, 3.05) is 14.2 Å². The monoisotopic (exact) mass is 324 g/mol. The van der Waals surface area contributed by atoms with E-state index in [1.807, 2.05) is 37.6 Å².